The van der Waals surface area contributed by atoms with E-state index in [1.807, 2.05) is 19.1 Å². The molecule has 6 heteroatoms. The van der Waals surface area contributed by atoms with E-state index in [0.29, 0.717) is 12.3 Å². The SMILES string of the molecule is C=C(CO)C(=O)OCC(CC)(COC(=O)C(=C)CO)c1ccc(C2CCC(CCCCC)CC2)cc1. The topological polar surface area (TPSA) is 93.1 Å². The van der Waals surface area contributed by atoms with Crippen LogP contribution in [0.25, 0.3) is 0 Å². The van der Waals surface area contributed by atoms with Crippen LogP contribution >= 0.6 is 0 Å². The maximum atomic E-state index is 12.2. The van der Waals surface area contributed by atoms with Crippen LogP contribution < -0.4 is 0 Å². The normalized spacial score (nSPS) is 17.9. The highest BCUT2D eigenvalue weighted by Crippen LogP contribution is 2.39. The molecule has 0 atom stereocenters. The van der Waals surface area contributed by atoms with E-state index in [1.165, 1.54) is 56.9 Å². The first kappa shape index (κ1) is 29.8. The molecule has 1 saturated carbocycles. The van der Waals surface area contributed by atoms with Crippen molar-refractivity contribution in [2.75, 3.05) is 26.4 Å². The number of ether oxygens (including phenoxy) is 2. The number of aliphatic hydroxyl groups excluding tert-OH is 2. The molecule has 0 unspecified atom stereocenters. The zero-order valence-corrected chi connectivity index (χ0v) is 22.1. The molecule has 1 aromatic carbocycles. The lowest BCUT2D eigenvalue weighted by atomic mass is 9.75. The van der Waals surface area contributed by atoms with E-state index < -0.39 is 30.6 Å². The quantitative estimate of drug-likeness (QED) is 0.191. The Hall–Kier alpha value is -2.44. The molecule has 0 aromatic heterocycles. The van der Waals surface area contributed by atoms with Crippen LogP contribution in [0.2, 0.25) is 0 Å². The van der Waals surface area contributed by atoms with Crippen LogP contribution in [0.4, 0.5) is 0 Å². The maximum Gasteiger partial charge on any atom is 0.335 e. The molecule has 6 nitrogen and oxygen atoms in total. The Morgan fingerprint density at radius 2 is 1.42 bits per heavy atom. The standard InChI is InChI=1S/C30H44O6/c1-5-7-8-9-24-10-12-25(13-11-24)26-14-16-27(17-15-26)30(6-2,20-35-28(33)22(3)18-31)21-36-29(34)23(4)19-32/h14-17,24-25,31-32H,3-13,18-21H2,1-2H3. The van der Waals surface area contributed by atoms with Gasteiger partial charge in [-0.15, -0.1) is 0 Å². The van der Waals surface area contributed by atoms with Crippen molar-refractivity contribution in [3.8, 4) is 0 Å². The molecular weight excluding hydrogens is 456 g/mol. The molecule has 0 bridgehead atoms. The van der Waals surface area contributed by atoms with Crippen LogP contribution in [0.5, 0.6) is 0 Å². The minimum absolute atomic E-state index is 0.0358. The second-order valence-electron chi connectivity index (χ2n) is 10.1. The van der Waals surface area contributed by atoms with Crippen molar-refractivity contribution in [1.29, 1.82) is 0 Å². The third kappa shape index (κ3) is 8.31. The molecule has 2 N–H and O–H groups in total. The summed E-state index contributed by atoms with van der Waals surface area (Å²) in [5.74, 6) is 0.0305. The van der Waals surface area contributed by atoms with Gasteiger partial charge in [-0.3, -0.25) is 0 Å². The highest BCUT2D eigenvalue weighted by Gasteiger charge is 2.35. The second kappa shape index (κ2) is 15.0. The molecule has 36 heavy (non-hydrogen) atoms. The molecule has 2 rings (SSSR count). The molecule has 1 fully saturated rings. The summed E-state index contributed by atoms with van der Waals surface area (Å²) >= 11 is 0. The third-order valence-corrected chi connectivity index (χ3v) is 7.65. The average Bonchev–Trinajstić information content (AvgIpc) is 2.92. The minimum Gasteiger partial charge on any atom is -0.461 e. The van der Waals surface area contributed by atoms with Gasteiger partial charge in [0, 0.05) is 0 Å². The summed E-state index contributed by atoms with van der Waals surface area (Å²) in [6.45, 7) is 10.2. The van der Waals surface area contributed by atoms with E-state index in [0.717, 1.165) is 11.5 Å². The van der Waals surface area contributed by atoms with Gasteiger partial charge in [0.15, 0.2) is 0 Å². The summed E-state index contributed by atoms with van der Waals surface area (Å²) < 4.78 is 10.9. The maximum absolute atomic E-state index is 12.2. The molecule has 0 aliphatic heterocycles. The number of carbonyl (C=O) groups is 2. The Bertz CT molecular complexity index is 832. The predicted molar refractivity (Wildman–Crippen MR) is 142 cm³/mol. The van der Waals surface area contributed by atoms with Gasteiger partial charge in [-0.2, -0.15) is 0 Å². The van der Waals surface area contributed by atoms with Gasteiger partial charge >= 0.3 is 11.9 Å². The highest BCUT2D eigenvalue weighted by molar-refractivity contribution is 5.88. The zero-order chi connectivity index (χ0) is 26.6. The van der Waals surface area contributed by atoms with E-state index in [-0.39, 0.29) is 24.4 Å². The Kier molecular flexibility index (Phi) is 12.4. The van der Waals surface area contributed by atoms with Crippen LogP contribution in [0.15, 0.2) is 48.6 Å². The fourth-order valence-electron chi connectivity index (χ4n) is 4.93. The van der Waals surface area contributed by atoms with Gasteiger partial charge in [-0.25, -0.2) is 9.59 Å². The Morgan fingerprint density at radius 3 is 1.86 bits per heavy atom. The molecule has 0 amide bonds. The van der Waals surface area contributed by atoms with Crippen LogP contribution in [0, 0.1) is 5.92 Å². The molecule has 0 saturated heterocycles. The minimum atomic E-state index is -0.785. The fraction of sp³-hybridized carbons (Fsp3) is 0.600. The van der Waals surface area contributed by atoms with Crippen molar-refractivity contribution < 1.29 is 29.3 Å². The average molecular weight is 501 g/mol. The van der Waals surface area contributed by atoms with E-state index in [9.17, 15) is 19.8 Å². The van der Waals surface area contributed by atoms with E-state index in [2.05, 4.69) is 32.2 Å². The van der Waals surface area contributed by atoms with Gasteiger partial charge in [0.25, 0.3) is 0 Å². The van der Waals surface area contributed by atoms with Crippen LogP contribution in [0.1, 0.15) is 88.7 Å². The Morgan fingerprint density at radius 1 is 0.889 bits per heavy atom. The molecule has 0 heterocycles. The van der Waals surface area contributed by atoms with Gasteiger partial charge in [-0.05, 0) is 55.1 Å². The number of carbonyl (C=O) groups excluding carboxylic acids is 2. The number of benzene rings is 1. The highest BCUT2D eigenvalue weighted by atomic mass is 16.5. The fourth-order valence-corrected chi connectivity index (χ4v) is 4.93. The summed E-state index contributed by atoms with van der Waals surface area (Å²) in [4.78, 5) is 24.4. The van der Waals surface area contributed by atoms with E-state index in [4.69, 9.17) is 9.47 Å². The van der Waals surface area contributed by atoms with Gasteiger partial charge in [0.1, 0.15) is 13.2 Å². The summed E-state index contributed by atoms with van der Waals surface area (Å²) in [6.07, 6.45) is 10.8. The number of aliphatic hydroxyl groups is 2. The molecule has 1 aromatic rings. The van der Waals surface area contributed by atoms with Gasteiger partial charge < -0.3 is 19.7 Å². The van der Waals surface area contributed by atoms with Crippen LogP contribution in [-0.4, -0.2) is 48.6 Å². The van der Waals surface area contributed by atoms with Gasteiger partial charge in [0.2, 0.25) is 0 Å². The van der Waals surface area contributed by atoms with Crippen molar-refractivity contribution in [1.82, 2.24) is 0 Å². The van der Waals surface area contributed by atoms with Gasteiger partial charge in [0.05, 0.1) is 29.8 Å². The van der Waals surface area contributed by atoms with Crippen molar-refractivity contribution in [3.05, 3.63) is 59.7 Å². The number of hydrogen-bond donors (Lipinski definition) is 2. The Labute approximate surface area is 216 Å². The summed E-state index contributed by atoms with van der Waals surface area (Å²) in [5, 5.41) is 18.4. The third-order valence-electron chi connectivity index (χ3n) is 7.65. The summed E-state index contributed by atoms with van der Waals surface area (Å²) in [7, 11) is 0. The smallest absolute Gasteiger partial charge is 0.335 e. The molecule has 0 spiro atoms. The van der Waals surface area contributed by atoms with E-state index in [1.54, 1.807) is 0 Å². The number of unbranched alkanes of at least 4 members (excludes halogenated alkanes) is 2. The molecule has 1 aliphatic rings. The number of esters is 2. The summed E-state index contributed by atoms with van der Waals surface area (Å²) in [6, 6.07) is 8.36. The number of rotatable bonds is 15. The second-order valence-corrected chi connectivity index (χ2v) is 10.1. The van der Waals surface area contributed by atoms with E-state index >= 15 is 0 Å². The summed E-state index contributed by atoms with van der Waals surface area (Å²) in [5.41, 5.74) is 1.35. The van der Waals surface area contributed by atoms with Crippen LogP contribution in [0.3, 0.4) is 0 Å². The van der Waals surface area contributed by atoms with Gasteiger partial charge in [-0.1, -0.05) is 77.0 Å². The lowest BCUT2D eigenvalue weighted by Crippen LogP contribution is -2.39. The van der Waals surface area contributed by atoms with Crippen molar-refractivity contribution >= 4 is 11.9 Å². The van der Waals surface area contributed by atoms with Crippen molar-refractivity contribution in [3.63, 3.8) is 0 Å². The predicted octanol–water partition coefficient (Wildman–Crippen LogP) is 5.37. The zero-order valence-electron chi connectivity index (χ0n) is 22.1. The van der Waals surface area contributed by atoms with Crippen molar-refractivity contribution in [2.24, 2.45) is 5.92 Å². The molecule has 200 valence electrons. The lowest BCUT2D eigenvalue weighted by molar-refractivity contribution is -0.146. The Balaban J connectivity index is 2.15. The first-order chi connectivity index (χ1) is 17.3. The molecule has 0 radical (unpaired) electrons. The molecule has 1 aliphatic carbocycles. The first-order valence-electron chi connectivity index (χ1n) is 13.3. The van der Waals surface area contributed by atoms with Crippen LogP contribution in [-0.2, 0) is 24.5 Å². The monoisotopic (exact) mass is 500 g/mol. The lowest BCUT2D eigenvalue weighted by Gasteiger charge is -2.33. The molecular formula is C30H44O6. The number of hydrogen-bond acceptors (Lipinski definition) is 6. The first-order valence-corrected chi connectivity index (χ1v) is 13.3. The largest absolute Gasteiger partial charge is 0.461 e. The van der Waals surface area contributed by atoms with Crippen molar-refractivity contribution in [2.45, 2.75) is 83.0 Å².